The summed E-state index contributed by atoms with van der Waals surface area (Å²) in [7, 11) is 1.98. The molecule has 3 aromatic rings. The molecule has 0 bridgehead atoms. The Balaban J connectivity index is 1.68. The van der Waals surface area contributed by atoms with Crippen molar-refractivity contribution in [3.8, 4) is 16.9 Å². The first kappa shape index (κ1) is 14.8. The van der Waals surface area contributed by atoms with E-state index in [0.717, 1.165) is 18.9 Å². The molecule has 122 valence electrons. The average molecular weight is 324 g/mol. The molecule has 0 atom stereocenters. The molecule has 1 saturated heterocycles. The zero-order chi connectivity index (χ0) is 16.5. The molecule has 0 radical (unpaired) electrons. The molecule has 0 aliphatic carbocycles. The van der Waals surface area contributed by atoms with Gasteiger partial charge in [0.05, 0.1) is 41.6 Å². The van der Waals surface area contributed by atoms with Crippen LogP contribution >= 0.6 is 0 Å². The fourth-order valence-electron chi connectivity index (χ4n) is 2.64. The SMILES string of the molecule is CN(c1cncc(-c2cnn(-c3ccccc3)c2F)n1)C1CNC1. The Morgan fingerprint density at radius 3 is 2.67 bits per heavy atom. The van der Waals surface area contributed by atoms with Crippen molar-refractivity contribution in [2.45, 2.75) is 6.04 Å². The highest BCUT2D eigenvalue weighted by molar-refractivity contribution is 5.60. The molecule has 1 N–H and O–H groups in total. The fourth-order valence-corrected chi connectivity index (χ4v) is 2.64. The van der Waals surface area contributed by atoms with Crippen LogP contribution in [0.2, 0.25) is 0 Å². The van der Waals surface area contributed by atoms with Gasteiger partial charge >= 0.3 is 0 Å². The highest BCUT2D eigenvalue weighted by atomic mass is 19.1. The number of nitrogens with one attached hydrogen (secondary N) is 1. The third-order valence-corrected chi connectivity index (χ3v) is 4.28. The standard InChI is InChI=1S/C17H17FN6/c1-23(13-7-19-8-13)16-11-20-10-15(22-16)14-9-21-24(17(14)18)12-5-3-2-4-6-12/h2-6,9-11,13,19H,7-8H2,1H3. The first-order valence-corrected chi connectivity index (χ1v) is 7.79. The van der Waals surface area contributed by atoms with Crippen LogP contribution in [0.4, 0.5) is 10.2 Å². The van der Waals surface area contributed by atoms with Crippen molar-refractivity contribution in [1.82, 2.24) is 25.1 Å². The smallest absolute Gasteiger partial charge is 0.225 e. The monoisotopic (exact) mass is 324 g/mol. The van der Waals surface area contributed by atoms with Crippen LogP contribution in [0.3, 0.4) is 0 Å². The van der Waals surface area contributed by atoms with Crippen molar-refractivity contribution in [2.75, 3.05) is 25.0 Å². The van der Waals surface area contributed by atoms with Crippen molar-refractivity contribution in [3.05, 3.63) is 54.9 Å². The van der Waals surface area contributed by atoms with E-state index in [1.807, 2.05) is 25.2 Å². The molecule has 0 spiro atoms. The summed E-state index contributed by atoms with van der Waals surface area (Å²) in [5.74, 6) is 0.284. The second-order valence-corrected chi connectivity index (χ2v) is 5.78. The van der Waals surface area contributed by atoms with Crippen LogP contribution in [0.15, 0.2) is 48.9 Å². The van der Waals surface area contributed by atoms with Gasteiger partial charge in [0, 0.05) is 20.1 Å². The molecule has 1 aliphatic rings. The molecule has 0 amide bonds. The second kappa shape index (κ2) is 6.01. The van der Waals surface area contributed by atoms with Gasteiger partial charge in [-0.05, 0) is 12.1 Å². The van der Waals surface area contributed by atoms with Gasteiger partial charge in [0.1, 0.15) is 5.82 Å². The summed E-state index contributed by atoms with van der Waals surface area (Å²) in [5, 5.41) is 7.38. The summed E-state index contributed by atoms with van der Waals surface area (Å²) in [6.45, 7) is 1.84. The van der Waals surface area contributed by atoms with Crippen LogP contribution in [0.5, 0.6) is 0 Å². The number of halogens is 1. The van der Waals surface area contributed by atoms with Gasteiger partial charge in [-0.15, -0.1) is 0 Å². The minimum Gasteiger partial charge on any atom is -0.353 e. The van der Waals surface area contributed by atoms with E-state index in [4.69, 9.17) is 0 Å². The van der Waals surface area contributed by atoms with E-state index in [1.165, 1.54) is 10.9 Å². The zero-order valence-corrected chi connectivity index (χ0v) is 13.2. The largest absolute Gasteiger partial charge is 0.353 e. The lowest BCUT2D eigenvalue weighted by Crippen LogP contribution is -2.56. The predicted molar refractivity (Wildman–Crippen MR) is 89.6 cm³/mol. The number of anilines is 1. The van der Waals surface area contributed by atoms with E-state index in [-0.39, 0.29) is 0 Å². The first-order valence-electron chi connectivity index (χ1n) is 7.79. The number of likely N-dealkylation sites (N-methyl/N-ethyl adjacent to an activating group) is 1. The molecule has 0 saturated carbocycles. The van der Waals surface area contributed by atoms with Crippen molar-refractivity contribution in [1.29, 1.82) is 0 Å². The first-order chi connectivity index (χ1) is 11.7. The molecule has 24 heavy (non-hydrogen) atoms. The number of hydrogen-bond acceptors (Lipinski definition) is 5. The maximum Gasteiger partial charge on any atom is 0.225 e. The second-order valence-electron chi connectivity index (χ2n) is 5.78. The molecule has 1 aliphatic heterocycles. The van der Waals surface area contributed by atoms with Crippen LogP contribution < -0.4 is 10.2 Å². The van der Waals surface area contributed by atoms with Gasteiger partial charge in [-0.25, -0.2) is 9.67 Å². The molecule has 1 fully saturated rings. The Kier molecular flexibility index (Phi) is 3.70. The summed E-state index contributed by atoms with van der Waals surface area (Å²) < 4.78 is 16.0. The fraction of sp³-hybridized carbons (Fsp3) is 0.235. The third kappa shape index (κ3) is 2.52. The van der Waals surface area contributed by atoms with Gasteiger partial charge in [-0.2, -0.15) is 9.49 Å². The van der Waals surface area contributed by atoms with Gasteiger partial charge in [-0.1, -0.05) is 18.2 Å². The van der Waals surface area contributed by atoms with E-state index in [9.17, 15) is 4.39 Å². The van der Waals surface area contributed by atoms with Gasteiger partial charge in [0.2, 0.25) is 5.95 Å². The highest BCUT2D eigenvalue weighted by Gasteiger charge is 2.23. The topological polar surface area (TPSA) is 58.9 Å². The summed E-state index contributed by atoms with van der Waals surface area (Å²) in [6, 6.07) is 9.58. The van der Waals surface area contributed by atoms with Crippen LogP contribution in [-0.2, 0) is 0 Å². The van der Waals surface area contributed by atoms with E-state index in [1.54, 1.807) is 24.5 Å². The minimum atomic E-state index is -0.444. The lowest BCUT2D eigenvalue weighted by Gasteiger charge is -2.36. The summed E-state index contributed by atoms with van der Waals surface area (Å²) >= 11 is 0. The van der Waals surface area contributed by atoms with E-state index < -0.39 is 5.95 Å². The number of aromatic nitrogens is 4. The lowest BCUT2D eigenvalue weighted by atomic mass is 10.1. The Bertz CT molecular complexity index is 843. The van der Waals surface area contributed by atoms with Crippen LogP contribution in [-0.4, -0.2) is 45.9 Å². The van der Waals surface area contributed by atoms with Crippen molar-refractivity contribution < 1.29 is 4.39 Å². The Morgan fingerprint density at radius 2 is 1.96 bits per heavy atom. The number of para-hydroxylation sites is 1. The Labute approximate surface area is 139 Å². The van der Waals surface area contributed by atoms with E-state index >= 15 is 0 Å². The average Bonchev–Trinajstić information content (AvgIpc) is 2.96. The van der Waals surface area contributed by atoms with Crippen LogP contribution in [0.25, 0.3) is 16.9 Å². The molecule has 0 unspecified atom stereocenters. The number of hydrogen-bond donors (Lipinski definition) is 1. The molecular weight excluding hydrogens is 307 g/mol. The quantitative estimate of drug-likeness (QED) is 0.794. The summed E-state index contributed by atoms with van der Waals surface area (Å²) in [5.41, 5.74) is 1.49. The normalized spacial score (nSPS) is 14.4. The predicted octanol–water partition coefficient (Wildman–Crippen LogP) is 1.88. The number of rotatable bonds is 4. The molecule has 6 nitrogen and oxygen atoms in total. The summed E-state index contributed by atoms with van der Waals surface area (Å²) in [6.07, 6.45) is 4.74. The van der Waals surface area contributed by atoms with Gasteiger partial charge < -0.3 is 10.2 Å². The molecule has 2 aromatic heterocycles. The summed E-state index contributed by atoms with van der Waals surface area (Å²) in [4.78, 5) is 10.8. The number of benzene rings is 1. The molecule has 3 heterocycles. The van der Waals surface area contributed by atoms with Gasteiger partial charge in [0.25, 0.3) is 0 Å². The molecule has 4 rings (SSSR count). The highest BCUT2D eigenvalue weighted by Crippen LogP contribution is 2.24. The Morgan fingerprint density at radius 1 is 1.17 bits per heavy atom. The maximum atomic E-state index is 14.8. The van der Waals surface area contributed by atoms with E-state index in [2.05, 4.69) is 25.3 Å². The Hall–Kier alpha value is -2.80. The van der Waals surface area contributed by atoms with Gasteiger partial charge in [0.15, 0.2) is 0 Å². The van der Waals surface area contributed by atoms with Crippen molar-refractivity contribution in [3.63, 3.8) is 0 Å². The van der Waals surface area contributed by atoms with Crippen molar-refractivity contribution in [2.24, 2.45) is 0 Å². The number of nitrogens with zero attached hydrogens (tertiary/aromatic N) is 5. The lowest BCUT2D eigenvalue weighted by molar-refractivity contribution is 0.426. The van der Waals surface area contributed by atoms with Crippen LogP contribution in [0, 0.1) is 5.95 Å². The maximum absolute atomic E-state index is 14.8. The van der Waals surface area contributed by atoms with E-state index in [0.29, 0.717) is 23.0 Å². The third-order valence-electron chi connectivity index (χ3n) is 4.28. The van der Waals surface area contributed by atoms with Crippen molar-refractivity contribution >= 4 is 5.82 Å². The van der Waals surface area contributed by atoms with Gasteiger partial charge in [-0.3, -0.25) is 4.98 Å². The molecular formula is C17H17FN6. The van der Waals surface area contributed by atoms with Crippen LogP contribution in [0.1, 0.15) is 0 Å². The molecule has 1 aromatic carbocycles. The molecule has 7 heteroatoms. The zero-order valence-electron chi connectivity index (χ0n) is 13.2. The minimum absolute atomic E-state index is 0.341.